The lowest BCUT2D eigenvalue weighted by atomic mass is 9.98. The molecule has 126 valence electrons. The van der Waals surface area contributed by atoms with Gasteiger partial charge in [0, 0.05) is 6.42 Å². The summed E-state index contributed by atoms with van der Waals surface area (Å²) in [6.45, 7) is 0. The molecule has 0 fully saturated rings. The Hall–Kier alpha value is -2.66. The van der Waals surface area contributed by atoms with Crippen molar-refractivity contribution in [1.29, 1.82) is 0 Å². The maximum absolute atomic E-state index is 12.6. The minimum absolute atomic E-state index is 0.156. The zero-order valence-electron chi connectivity index (χ0n) is 13.7. The predicted molar refractivity (Wildman–Crippen MR) is 94.1 cm³/mol. The van der Waals surface area contributed by atoms with Gasteiger partial charge in [0.2, 0.25) is 11.8 Å². The van der Waals surface area contributed by atoms with E-state index in [-0.39, 0.29) is 18.4 Å². The van der Waals surface area contributed by atoms with Crippen molar-refractivity contribution in [1.82, 2.24) is 10.6 Å². The van der Waals surface area contributed by atoms with E-state index in [1.54, 1.807) is 7.05 Å². The van der Waals surface area contributed by atoms with E-state index in [0.717, 1.165) is 11.1 Å². The van der Waals surface area contributed by atoms with Gasteiger partial charge in [0.15, 0.2) is 0 Å². The number of hydrogen-bond donors (Lipinski definition) is 3. The number of carbonyl (C=O) groups is 2. The summed E-state index contributed by atoms with van der Waals surface area (Å²) in [4.78, 5) is 23.6. The highest BCUT2D eigenvalue weighted by atomic mass is 16.2. The number of benzene rings is 2. The number of hydrogen-bond acceptors (Lipinski definition) is 3. The van der Waals surface area contributed by atoms with Gasteiger partial charge >= 0.3 is 0 Å². The van der Waals surface area contributed by atoms with Gasteiger partial charge in [-0.1, -0.05) is 60.7 Å². The lowest BCUT2D eigenvalue weighted by Crippen LogP contribution is -2.44. The van der Waals surface area contributed by atoms with Gasteiger partial charge in [-0.15, -0.1) is 0 Å². The van der Waals surface area contributed by atoms with E-state index in [4.69, 9.17) is 5.73 Å². The van der Waals surface area contributed by atoms with Crippen molar-refractivity contribution in [3.05, 3.63) is 71.8 Å². The fourth-order valence-corrected chi connectivity index (χ4v) is 2.59. The quantitative estimate of drug-likeness (QED) is 0.691. The Kier molecular flexibility index (Phi) is 6.51. The first kappa shape index (κ1) is 17.7. The van der Waals surface area contributed by atoms with E-state index in [1.165, 1.54) is 0 Å². The highest BCUT2D eigenvalue weighted by Gasteiger charge is 2.22. The SMILES string of the molecule is CNC(CCC(N)=O)C(=O)NC(c1ccccc1)c1ccccc1. The Labute approximate surface area is 142 Å². The molecule has 2 amide bonds. The summed E-state index contributed by atoms with van der Waals surface area (Å²) >= 11 is 0. The summed E-state index contributed by atoms with van der Waals surface area (Å²) in [7, 11) is 1.70. The van der Waals surface area contributed by atoms with Gasteiger partial charge in [-0.25, -0.2) is 0 Å². The molecule has 1 atom stereocenters. The van der Waals surface area contributed by atoms with E-state index in [2.05, 4.69) is 10.6 Å². The fraction of sp³-hybridized carbons (Fsp3) is 0.263. The van der Waals surface area contributed by atoms with E-state index in [0.29, 0.717) is 6.42 Å². The number of likely N-dealkylation sites (N-methyl/N-ethyl adjacent to an activating group) is 1. The molecule has 0 aliphatic carbocycles. The molecule has 0 aliphatic heterocycles. The summed E-state index contributed by atoms with van der Waals surface area (Å²) in [6.07, 6.45) is 0.536. The van der Waals surface area contributed by atoms with Crippen LogP contribution in [0.15, 0.2) is 60.7 Å². The second-order valence-corrected chi connectivity index (χ2v) is 5.61. The monoisotopic (exact) mass is 325 g/mol. The van der Waals surface area contributed by atoms with Gasteiger partial charge in [0.25, 0.3) is 0 Å². The van der Waals surface area contributed by atoms with Gasteiger partial charge in [-0.2, -0.15) is 0 Å². The van der Waals surface area contributed by atoms with Crippen LogP contribution in [0.4, 0.5) is 0 Å². The summed E-state index contributed by atoms with van der Waals surface area (Å²) in [5.41, 5.74) is 7.18. The average molecular weight is 325 g/mol. The van der Waals surface area contributed by atoms with Gasteiger partial charge in [0.1, 0.15) is 0 Å². The van der Waals surface area contributed by atoms with Crippen LogP contribution in [0.25, 0.3) is 0 Å². The van der Waals surface area contributed by atoms with E-state index in [9.17, 15) is 9.59 Å². The average Bonchev–Trinajstić information content (AvgIpc) is 2.61. The number of amides is 2. The Morgan fingerprint density at radius 3 is 1.88 bits per heavy atom. The predicted octanol–water partition coefficient (Wildman–Crippen LogP) is 1.75. The third-order valence-corrected chi connectivity index (χ3v) is 3.90. The van der Waals surface area contributed by atoms with Crippen molar-refractivity contribution in [2.24, 2.45) is 5.73 Å². The minimum atomic E-state index is -0.465. The van der Waals surface area contributed by atoms with E-state index in [1.807, 2.05) is 60.7 Å². The molecular formula is C19H23N3O2. The number of nitrogens with two attached hydrogens (primary N) is 1. The summed E-state index contributed by atoms with van der Waals surface area (Å²) in [5, 5.41) is 6.02. The van der Waals surface area contributed by atoms with Crippen LogP contribution in [0.5, 0.6) is 0 Å². The molecule has 2 rings (SSSR count). The fourth-order valence-electron chi connectivity index (χ4n) is 2.59. The summed E-state index contributed by atoms with van der Waals surface area (Å²) in [5.74, 6) is -0.567. The molecule has 2 aromatic carbocycles. The normalized spacial score (nSPS) is 11.9. The second kappa shape index (κ2) is 8.84. The first-order valence-corrected chi connectivity index (χ1v) is 7.97. The molecular weight excluding hydrogens is 302 g/mol. The van der Waals surface area contributed by atoms with Crippen molar-refractivity contribution < 1.29 is 9.59 Å². The molecule has 1 unspecified atom stereocenters. The van der Waals surface area contributed by atoms with E-state index >= 15 is 0 Å². The van der Waals surface area contributed by atoms with Crippen molar-refractivity contribution in [2.75, 3.05) is 7.05 Å². The van der Waals surface area contributed by atoms with Crippen molar-refractivity contribution in [2.45, 2.75) is 24.9 Å². The third-order valence-electron chi connectivity index (χ3n) is 3.90. The zero-order valence-corrected chi connectivity index (χ0v) is 13.7. The maximum atomic E-state index is 12.6. The molecule has 5 nitrogen and oxygen atoms in total. The molecule has 0 spiro atoms. The van der Waals surface area contributed by atoms with Crippen LogP contribution in [0.3, 0.4) is 0 Å². The Bertz CT molecular complexity index is 619. The maximum Gasteiger partial charge on any atom is 0.237 e. The molecule has 4 N–H and O–H groups in total. The standard InChI is InChI=1S/C19H23N3O2/c1-21-16(12-13-17(20)23)19(24)22-18(14-8-4-2-5-9-14)15-10-6-3-7-11-15/h2-11,16,18,21H,12-13H2,1H3,(H2,20,23)(H,22,24). The first-order valence-electron chi connectivity index (χ1n) is 7.97. The second-order valence-electron chi connectivity index (χ2n) is 5.61. The van der Waals surface area contributed by atoms with Crippen LogP contribution in [0.1, 0.15) is 30.0 Å². The molecule has 0 bridgehead atoms. The lowest BCUT2D eigenvalue weighted by molar-refractivity contribution is -0.124. The van der Waals surface area contributed by atoms with Crippen LogP contribution in [-0.2, 0) is 9.59 Å². The lowest BCUT2D eigenvalue weighted by Gasteiger charge is -2.23. The van der Waals surface area contributed by atoms with Crippen LogP contribution < -0.4 is 16.4 Å². The van der Waals surface area contributed by atoms with Gasteiger partial charge in [-0.3, -0.25) is 9.59 Å². The number of primary amides is 1. The molecule has 24 heavy (non-hydrogen) atoms. The Morgan fingerprint density at radius 1 is 0.958 bits per heavy atom. The number of carbonyl (C=O) groups excluding carboxylic acids is 2. The van der Waals surface area contributed by atoms with Gasteiger partial charge in [0.05, 0.1) is 12.1 Å². The summed E-state index contributed by atoms with van der Waals surface area (Å²) < 4.78 is 0. The minimum Gasteiger partial charge on any atom is -0.370 e. The van der Waals surface area contributed by atoms with E-state index < -0.39 is 11.9 Å². The first-order chi connectivity index (χ1) is 11.6. The van der Waals surface area contributed by atoms with Crippen LogP contribution in [0.2, 0.25) is 0 Å². The smallest absolute Gasteiger partial charge is 0.237 e. The summed E-state index contributed by atoms with van der Waals surface area (Å²) in [6, 6.07) is 18.9. The molecule has 5 heteroatoms. The molecule has 0 aromatic heterocycles. The van der Waals surface area contributed by atoms with Gasteiger partial charge in [-0.05, 0) is 24.6 Å². The van der Waals surface area contributed by atoms with Crippen molar-refractivity contribution >= 4 is 11.8 Å². The molecule has 0 aliphatic rings. The van der Waals surface area contributed by atoms with Gasteiger partial charge < -0.3 is 16.4 Å². The molecule has 0 saturated heterocycles. The van der Waals surface area contributed by atoms with Crippen molar-refractivity contribution in [3.8, 4) is 0 Å². The van der Waals surface area contributed by atoms with Crippen LogP contribution in [-0.4, -0.2) is 24.9 Å². The zero-order chi connectivity index (χ0) is 17.4. The highest BCUT2D eigenvalue weighted by molar-refractivity contribution is 5.83. The largest absolute Gasteiger partial charge is 0.370 e. The van der Waals surface area contributed by atoms with Crippen LogP contribution >= 0.6 is 0 Å². The molecule has 0 saturated carbocycles. The third kappa shape index (κ3) is 4.93. The highest BCUT2D eigenvalue weighted by Crippen LogP contribution is 2.22. The van der Waals surface area contributed by atoms with Crippen molar-refractivity contribution in [3.63, 3.8) is 0 Å². The topological polar surface area (TPSA) is 84.2 Å². The number of rotatable bonds is 8. The number of nitrogens with one attached hydrogen (secondary N) is 2. The van der Waals surface area contributed by atoms with Crippen LogP contribution in [0, 0.1) is 0 Å². The molecule has 2 aromatic rings. The Morgan fingerprint density at radius 2 is 1.46 bits per heavy atom. The molecule has 0 heterocycles. The molecule has 0 radical (unpaired) electrons. The Balaban J connectivity index is 2.19.